The lowest BCUT2D eigenvalue weighted by atomic mass is 9.87. The molecule has 5 heteroatoms. The van der Waals surface area contributed by atoms with Gasteiger partial charge in [0.05, 0.1) is 5.56 Å². The fourth-order valence-corrected chi connectivity index (χ4v) is 3.86. The van der Waals surface area contributed by atoms with Gasteiger partial charge >= 0.3 is 6.18 Å². The number of hydrogen-bond donors (Lipinski definition) is 1. The lowest BCUT2D eigenvalue weighted by Gasteiger charge is -2.24. The highest BCUT2D eigenvalue weighted by atomic mass is 19.4. The predicted octanol–water partition coefficient (Wildman–Crippen LogP) is 6.42. The summed E-state index contributed by atoms with van der Waals surface area (Å²) in [6.07, 6.45) is -2.66. The zero-order chi connectivity index (χ0) is 21.0. The van der Waals surface area contributed by atoms with Crippen molar-refractivity contribution >= 4 is 0 Å². The first-order chi connectivity index (χ1) is 14.5. The summed E-state index contributed by atoms with van der Waals surface area (Å²) in [4.78, 5) is 0. The molecule has 0 radical (unpaired) electrons. The predicted molar refractivity (Wildman–Crippen MR) is 112 cm³/mol. The average molecular weight is 411 g/mol. The van der Waals surface area contributed by atoms with E-state index in [9.17, 15) is 13.2 Å². The molecule has 0 spiro atoms. The molecule has 1 fully saturated rings. The van der Waals surface area contributed by atoms with Crippen molar-refractivity contribution in [3.8, 4) is 16.9 Å². The van der Waals surface area contributed by atoms with Crippen molar-refractivity contribution < 1.29 is 17.9 Å². The standard InChI is InChI=1S/C25H24F3NO/c26-25(27,28)23-15-21(14-22(16-23)20-10-12-29-13-11-20)19-6-8-24(9-7-19)30-17-18-4-2-1-3-5-18/h1-9,14-16,20,29H,10-13,17H2. The van der Waals surface area contributed by atoms with E-state index >= 15 is 0 Å². The maximum absolute atomic E-state index is 13.5. The molecule has 0 amide bonds. The van der Waals surface area contributed by atoms with Gasteiger partial charge < -0.3 is 10.1 Å². The van der Waals surface area contributed by atoms with Crippen molar-refractivity contribution in [2.45, 2.75) is 31.5 Å². The maximum Gasteiger partial charge on any atom is 0.416 e. The molecular formula is C25H24F3NO. The molecule has 0 saturated carbocycles. The van der Waals surface area contributed by atoms with E-state index in [2.05, 4.69) is 5.32 Å². The highest BCUT2D eigenvalue weighted by Crippen LogP contribution is 2.37. The molecule has 3 aromatic carbocycles. The van der Waals surface area contributed by atoms with E-state index in [0.29, 0.717) is 17.9 Å². The first-order valence-electron chi connectivity index (χ1n) is 10.2. The van der Waals surface area contributed by atoms with E-state index < -0.39 is 11.7 Å². The van der Waals surface area contributed by atoms with Crippen LogP contribution in [0.4, 0.5) is 13.2 Å². The van der Waals surface area contributed by atoms with Gasteiger partial charge in [-0.3, -0.25) is 0 Å². The largest absolute Gasteiger partial charge is 0.489 e. The van der Waals surface area contributed by atoms with Gasteiger partial charge in [0.1, 0.15) is 12.4 Å². The molecule has 1 aliphatic heterocycles. The van der Waals surface area contributed by atoms with Crippen molar-refractivity contribution in [2.75, 3.05) is 13.1 Å². The second-order valence-corrected chi connectivity index (χ2v) is 7.66. The van der Waals surface area contributed by atoms with Crippen LogP contribution in [0.2, 0.25) is 0 Å². The summed E-state index contributed by atoms with van der Waals surface area (Å²) in [5, 5.41) is 3.27. The fourth-order valence-electron chi connectivity index (χ4n) is 3.86. The van der Waals surface area contributed by atoms with E-state index in [1.165, 1.54) is 12.1 Å². The van der Waals surface area contributed by atoms with E-state index in [1.54, 1.807) is 0 Å². The van der Waals surface area contributed by atoms with Crippen LogP contribution in [0.3, 0.4) is 0 Å². The maximum atomic E-state index is 13.5. The molecule has 156 valence electrons. The third-order valence-electron chi connectivity index (χ3n) is 5.53. The summed E-state index contributed by atoms with van der Waals surface area (Å²) in [7, 11) is 0. The Bertz CT molecular complexity index is 962. The molecule has 0 unspecified atom stereocenters. The molecule has 0 aliphatic carbocycles. The Labute approximate surface area is 174 Å². The van der Waals surface area contributed by atoms with Crippen molar-refractivity contribution in [1.29, 1.82) is 0 Å². The van der Waals surface area contributed by atoms with Crippen LogP contribution in [-0.4, -0.2) is 13.1 Å². The summed E-state index contributed by atoms with van der Waals surface area (Å²) in [6, 6.07) is 21.6. The van der Waals surface area contributed by atoms with Crippen LogP contribution < -0.4 is 10.1 Å². The van der Waals surface area contributed by atoms with Crippen LogP contribution in [0.25, 0.3) is 11.1 Å². The number of alkyl halides is 3. The van der Waals surface area contributed by atoms with Gasteiger partial charge in [0.15, 0.2) is 0 Å². The zero-order valence-corrected chi connectivity index (χ0v) is 16.6. The summed E-state index contributed by atoms with van der Waals surface area (Å²) in [5.41, 5.74) is 2.59. The molecule has 3 aromatic rings. The van der Waals surface area contributed by atoms with Gasteiger partial charge in [-0.1, -0.05) is 48.5 Å². The van der Waals surface area contributed by atoms with Crippen LogP contribution in [-0.2, 0) is 12.8 Å². The van der Waals surface area contributed by atoms with Crippen LogP contribution in [0, 0.1) is 0 Å². The van der Waals surface area contributed by atoms with Crippen LogP contribution in [0.15, 0.2) is 72.8 Å². The number of halogens is 3. The van der Waals surface area contributed by atoms with Crippen molar-refractivity contribution in [3.05, 3.63) is 89.5 Å². The Balaban J connectivity index is 1.57. The van der Waals surface area contributed by atoms with Crippen molar-refractivity contribution in [2.24, 2.45) is 0 Å². The van der Waals surface area contributed by atoms with E-state index in [4.69, 9.17) is 4.74 Å². The minimum absolute atomic E-state index is 0.153. The van der Waals surface area contributed by atoms with Crippen molar-refractivity contribution in [1.82, 2.24) is 5.32 Å². The van der Waals surface area contributed by atoms with E-state index in [1.807, 2.05) is 60.7 Å². The molecule has 0 atom stereocenters. The molecule has 0 bridgehead atoms. The fraction of sp³-hybridized carbons (Fsp3) is 0.280. The van der Waals surface area contributed by atoms with Gasteiger partial charge in [-0.15, -0.1) is 0 Å². The molecular weight excluding hydrogens is 387 g/mol. The minimum atomic E-state index is -4.36. The normalized spacial score (nSPS) is 15.2. The summed E-state index contributed by atoms with van der Waals surface area (Å²) < 4.78 is 46.4. The Hall–Kier alpha value is -2.79. The molecule has 1 N–H and O–H groups in total. The molecule has 1 aliphatic rings. The van der Waals surface area contributed by atoms with Gasteiger partial charge in [0.2, 0.25) is 0 Å². The SMILES string of the molecule is FC(F)(F)c1cc(-c2ccc(OCc3ccccc3)cc2)cc(C2CCNCC2)c1. The topological polar surface area (TPSA) is 21.3 Å². The van der Waals surface area contributed by atoms with Gasteiger partial charge in [-0.25, -0.2) is 0 Å². The number of rotatable bonds is 5. The number of nitrogens with one attached hydrogen (secondary N) is 1. The smallest absolute Gasteiger partial charge is 0.416 e. The van der Waals surface area contributed by atoms with Crippen LogP contribution in [0.5, 0.6) is 5.75 Å². The lowest BCUT2D eigenvalue weighted by molar-refractivity contribution is -0.137. The average Bonchev–Trinajstić information content (AvgIpc) is 2.78. The van der Waals surface area contributed by atoms with Gasteiger partial charge in [0.25, 0.3) is 0 Å². The Kier molecular flexibility index (Phi) is 6.09. The van der Waals surface area contributed by atoms with Gasteiger partial charge in [-0.2, -0.15) is 13.2 Å². The number of piperidine rings is 1. The summed E-state index contributed by atoms with van der Waals surface area (Å²) in [6.45, 7) is 2.12. The molecule has 0 aromatic heterocycles. The summed E-state index contributed by atoms with van der Waals surface area (Å²) in [5.74, 6) is 0.842. The first kappa shape index (κ1) is 20.5. The third kappa shape index (κ3) is 5.03. The lowest BCUT2D eigenvalue weighted by Crippen LogP contribution is -2.26. The monoisotopic (exact) mass is 411 g/mol. The third-order valence-corrected chi connectivity index (χ3v) is 5.53. The molecule has 1 heterocycles. The highest BCUT2D eigenvalue weighted by Gasteiger charge is 2.32. The molecule has 2 nitrogen and oxygen atoms in total. The molecule has 4 rings (SSSR count). The Morgan fingerprint density at radius 1 is 0.833 bits per heavy atom. The highest BCUT2D eigenvalue weighted by molar-refractivity contribution is 5.66. The van der Waals surface area contributed by atoms with E-state index in [-0.39, 0.29) is 5.92 Å². The second kappa shape index (κ2) is 8.92. The van der Waals surface area contributed by atoms with Crippen molar-refractivity contribution in [3.63, 3.8) is 0 Å². The number of benzene rings is 3. The molecule has 30 heavy (non-hydrogen) atoms. The number of hydrogen-bond acceptors (Lipinski definition) is 2. The Morgan fingerprint density at radius 2 is 1.53 bits per heavy atom. The van der Waals surface area contributed by atoms with Crippen LogP contribution >= 0.6 is 0 Å². The summed E-state index contributed by atoms with van der Waals surface area (Å²) >= 11 is 0. The first-order valence-corrected chi connectivity index (χ1v) is 10.2. The minimum Gasteiger partial charge on any atom is -0.489 e. The number of ether oxygens (including phenoxy) is 1. The zero-order valence-electron chi connectivity index (χ0n) is 16.6. The Morgan fingerprint density at radius 3 is 2.20 bits per heavy atom. The second-order valence-electron chi connectivity index (χ2n) is 7.66. The van der Waals surface area contributed by atoms with E-state index in [0.717, 1.165) is 42.6 Å². The van der Waals surface area contributed by atoms with Gasteiger partial charge in [-0.05, 0) is 78.4 Å². The van der Waals surface area contributed by atoms with Gasteiger partial charge in [0, 0.05) is 0 Å². The quantitative estimate of drug-likeness (QED) is 0.523. The molecule has 1 saturated heterocycles. The van der Waals surface area contributed by atoms with Crippen LogP contribution in [0.1, 0.15) is 35.4 Å².